The van der Waals surface area contributed by atoms with Crippen molar-refractivity contribution in [1.29, 1.82) is 0 Å². The number of piperidine rings is 1. The molecule has 1 aromatic carbocycles. The molecule has 0 saturated carbocycles. The van der Waals surface area contributed by atoms with Gasteiger partial charge in [0.2, 0.25) is 5.91 Å². The zero-order valence-corrected chi connectivity index (χ0v) is 14.9. The molecule has 0 bridgehead atoms. The first-order chi connectivity index (χ1) is 12.5. The van der Waals surface area contributed by atoms with E-state index in [2.05, 4.69) is 5.32 Å². The van der Waals surface area contributed by atoms with E-state index >= 15 is 0 Å². The van der Waals surface area contributed by atoms with Crippen LogP contribution in [0.3, 0.4) is 0 Å². The van der Waals surface area contributed by atoms with E-state index in [-0.39, 0.29) is 18.4 Å². The summed E-state index contributed by atoms with van der Waals surface area (Å²) in [6.45, 7) is 0.526. The Morgan fingerprint density at radius 1 is 1.23 bits per heavy atom. The number of hydrogen-bond acceptors (Lipinski definition) is 5. The number of nitrogens with zero attached hydrogens (tertiary/aromatic N) is 1. The highest BCUT2D eigenvalue weighted by molar-refractivity contribution is 5.86. The summed E-state index contributed by atoms with van der Waals surface area (Å²) >= 11 is 0. The topological polar surface area (TPSA) is 77.1 Å². The minimum Gasteiger partial charge on any atom is -0.493 e. The maximum Gasteiger partial charge on any atom is 0.254 e. The van der Waals surface area contributed by atoms with Crippen molar-refractivity contribution in [3.63, 3.8) is 0 Å². The molecule has 8 heteroatoms. The molecule has 2 aliphatic rings. The Bertz CT molecular complexity index is 676. The lowest BCUT2D eigenvalue weighted by atomic mass is 9.97. The van der Waals surface area contributed by atoms with Crippen LogP contribution >= 0.6 is 0 Å². The summed E-state index contributed by atoms with van der Waals surface area (Å²) in [4.78, 5) is 26.3. The summed E-state index contributed by atoms with van der Waals surface area (Å²) in [6.07, 6.45) is -1.08. The van der Waals surface area contributed by atoms with Crippen LogP contribution < -0.4 is 14.8 Å². The molecule has 1 aromatic rings. The number of carbonyl (C=O) groups is 2. The average Bonchev–Trinajstić information content (AvgIpc) is 2.67. The van der Waals surface area contributed by atoms with Crippen molar-refractivity contribution in [2.45, 2.75) is 31.2 Å². The van der Waals surface area contributed by atoms with Gasteiger partial charge in [0.25, 0.3) is 5.91 Å². The number of amides is 2. The Balaban J connectivity index is 1.84. The average molecular weight is 366 g/mol. The second-order valence-electron chi connectivity index (χ2n) is 6.39. The molecule has 2 amide bonds. The summed E-state index contributed by atoms with van der Waals surface area (Å²) in [5, 5.41) is 2.82. The second-order valence-corrected chi connectivity index (χ2v) is 6.39. The molecular formula is C18H23FN2O5. The Kier molecular flexibility index (Phi) is 5.61. The SMILES string of the molecule is COc1ccc([C@H]2NC(=O)CO[C@@H]2C(=O)N2CCC(F)CC2)cc1OC. The van der Waals surface area contributed by atoms with E-state index < -0.39 is 18.3 Å². The third-order valence-electron chi connectivity index (χ3n) is 4.76. The van der Waals surface area contributed by atoms with Crippen LogP contribution in [0.4, 0.5) is 4.39 Å². The number of ether oxygens (including phenoxy) is 3. The second kappa shape index (κ2) is 7.90. The lowest BCUT2D eigenvalue weighted by molar-refractivity contribution is -0.156. The van der Waals surface area contributed by atoms with Crippen molar-refractivity contribution in [2.75, 3.05) is 33.9 Å². The molecule has 26 heavy (non-hydrogen) atoms. The van der Waals surface area contributed by atoms with Gasteiger partial charge in [0.1, 0.15) is 12.8 Å². The number of rotatable bonds is 4. The van der Waals surface area contributed by atoms with Gasteiger partial charge < -0.3 is 24.4 Å². The predicted molar refractivity (Wildman–Crippen MR) is 90.9 cm³/mol. The van der Waals surface area contributed by atoms with Gasteiger partial charge in [0.15, 0.2) is 17.6 Å². The van der Waals surface area contributed by atoms with Gasteiger partial charge in [-0.15, -0.1) is 0 Å². The third kappa shape index (κ3) is 3.75. The molecule has 2 fully saturated rings. The molecule has 1 N–H and O–H groups in total. The van der Waals surface area contributed by atoms with Crippen LogP contribution in [-0.2, 0) is 14.3 Å². The van der Waals surface area contributed by atoms with Crippen molar-refractivity contribution >= 4 is 11.8 Å². The number of nitrogens with one attached hydrogen (secondary N) is 1. The number of halogens is 1. The van der Waals surface area contributed by atoms with Gasteiger partial charge in [0, 0.05) is 13.1 Å². The van der Waals surface area contributed by atoms with Crippen LogP contribution in [0.5, 0.6) is 11.5 Å². The van der Waals surface area contributed by atoms with Gasteiger partial charge in [-0.2, -0.15) is 0 Å². The van der Waals surface area contributed by atoms with E-state index in [1.165, 1.54) is 14.2 Å². The molecule has 2 atom stereocenters. The Labute approximate surface area is 151 Å². The number of benzene rings is 1. The van der Waals surface area contributed by atoms with Gasteiger partial charge in [-0.25, -0.2) is 4.39 Å². The molecule has 7 nitrogen and oxygen atoms in total. The van der Waals surface area contributed by atoms with E-state index in [1.807, 2.05) is 0 Å². The number of likely N-dealkylation sites (tertiary alicyclic amines) is 1. The lowest BCUT2D eigenvalue weighted by Crippen LogP contribution is -2.54. The lowest BCUT2D eigenvalue weighted by Gasteiger charge is -2.37. The molecule has 0 spiro atoms. The van der Waals surface area contributed by atoms with E-state index in [0.717, 1.165) is 0 Å². The molecule has 0 aliphatic carbocycles. The molecule has 0 radical (unpaired) electrons. The Morgan fingerprint density at radius 2 is 1.92 bits per heavy atom. The maximum atomic E-state index is 13.4. The smallest absolute Gasteiger partial charge is 0.254 e. The summed E-state index contributed by atoms with van der Waals surface area (Å²) in [6, 6.07) is 4.54. The van der Waals surface area contributed by atoms with Crippen molar-refractivity contribution in [2.24, 2.45) is 0 Å². The summed E-state index contributed by atoms with van der Waals surface area (Å²) in [5.74, 6) is 0.509. The maximum absolute atomic E-state index is 13.4. The van der Waals surface area contributed by atoms with Gasteiger partial charge in [-0.3, -0.25) is 9.59 Å². The zero-order valence-electron chi connectivity index (χ0n) is 14.9. The molecule has 0 aromatic heterocycles. The standard InChI is InChI=1S/C18H23FN2O5/c1-24-13-4-3-11(9-14(13)25-2)16-17(26-10-15(22)20-16)18(23)21-7-5-12(19)6-8-21/h3-4,9,12,16-17H,5-8,10H2,1-2H3,(H,20,22)/t16-,17+/m1/s1. The quantitative estimate of drug-likeness (QED) is 0.867. The number of hydrogen-bond donors (Lipinski definition) is 1. The van der Waals surface area contributed by atoms with Gasteiger partial charge >= 0.3 is 0 Å². The van der Waals surface area contributed by atoms with Gasteiger partial charge in [-0.05, 0) is 30.5 Å². The fourth-order valence-electron chi connectivity index (χ4n) is 3.32. The minimum absolute atomic E-state index is 0.181. The monoisotopic (exact) mass is 366 g/mol. The summed E-state index contributed by atoms with van der Waals surface area (Å²) in [5.41, 5.74) is 0.675. The Morgan fingerprint density at radius 3 is 2.58 bits per heavy atom. The molecule has 2 aliphatic heterocycles. The largest absolute Gasteiger partial charge is 0.493 e. The fourth-order valence-corrected chi connectivity index (χ4v) is 3.32. The molecule has 2 saturated heterocycles. The first-order valence-electron chi connectivity index (χ1n) is 8.59. The fraction of sp³-hybridized carbons (Fsp3) is 0.556. The first-order valence-corrected chi connectivity index (χ1v) is 8.59. The van der Waals surface area contributed by atoms with Crippen molar-refractivity contribution in [3.05, 3.63) is 23.8 Å². The van der Waals surface area contributed by atoms with Crippen LogP contribution in [0.2, 0.25) is 0 Å². The van der Waals surface area contributed by atoms with Crippen LogP contribution in [0, 0.1) is 0 Å². The molecular weight excluding hydrogens is 343 g/mol. The highest BCUT2D eigenvalue weighted by Crippen LogP contribution is 2.33. The van der Waals surface area contributed by atoms with E-state index in [9.17, 15) is 14.0 Å². The summed E-state index contributed by atoms with van der Waals surface area (Å²) < 4.78 is 29.4. The van der Waals surface area contributed by atoms with E-state index in [0.29, 0.717) is 43.0 Å². The van der Waals surface area contributed by atoms with Gasteiger partial charge in [-0.1, -0.05) is 6.07 Å². The number of carbonyl (C=O) groups excluding carboxylic acids is 2. The van der Waals surface area contributed by atoms with Crippen molar-refractivity contribution in [1.82, 2.24) is 10.2 Å². The highest BCUT2D eigenvalue weighted by Gasteiger charge is 2.39. The first kappa shape index (κ1) is 18.4. The van der Waals surface area contributed by atoms with Crippen LogP contribution in [0.15, 0.2) is 18.2 Å². The highest BCUT2D eigenvalue weighted by atomic mass is 19.1. The normalized spacial score (nSPS) is 24.1. The Hall–Kier alpha value is -2.35. The van der Waals surface area contributed by atoms with Crippen molar-refractivity contribution in [3.8, 4) is 11.5 Å². The molecule has 0 unspecified atom stereocenters. The number of alkyl halides is 1. The number of methoxy groups -OCH3 is 2. The van der Waals surface area contributed by atoms with E-state index in [4.69, 9.17) is 14.2 Å². The molecule has 2 heterocycles. The zero-order chi connectivity index (χ0) is 18.7. The molecule has 3 rings (SSSR count). The summed E-state index contributed by atoms with van der Waals surface area (Å²) in [7, 11) is 3.05. The van der Waals surface area contributed by atoms with Crippen molar-refractivity contribution < 1.29 is 28.2 Å². The van der Waals surface area contributed by atoms with E-state index in [1.54, 1.807) is 23.1 Å². The van der Waals surface area contributed by atoms with Gasteiger partial charge in [0.05, 0.1) is 20.3 Å². The minimum atomic E-state index is -0.868. The predicted octanol–water partition coefficient (Wildman–Crippen LogP) is 1.22. The third-order valence-corrected chi connectivity index (χ3v) is 4.76. The van der Waals surface area contributed by atoms with Crippen LogP contribution in [0.1, 0.15) is 24.4 Å². The molecule has 142 valence electrons. The van der Waals surface area contributed by atoms with Crippen LogP contribution in [-0.4, -0.2) is 62.9 Å². The number of morpholine rings is 1. The van der Waals surface area contributed by atoms with Crippen LogP contribution in [0.25, 0.3) is 0 Å².